The summed E-state index contributed by atoms with van der Waals surface area (Å²) in [6, 6.07) is 8.15. The van der Waals surface area contributed by atoms with Crippen molar-refractivity contribution in [2.75, 3.05) is 20.2 Å². The van der Waals surface area contributed by atoms with Crippen LogP contribution >= 0.6 is 0 Å². The molecule has 19 heavy (non-hydrogen) atoms. The first-order valence-corrected chi connectivity index (χ1v) is 6.74. The molecule has 0 spiro atoms. The summed E-state index contributed by atoms with van der Waals surface area (Å²) in [4.78, 5) is 0. The fourth-order valence-corrected chi connectivity index (χ4v) is 2.67. The number of nitrogens with zero attached hydrogens (tertiary/aromatic N) is 1. The molecule has 1 aliphatic rings. The van der Waals surface area contributed by atoms with Crippen LogP contribution in [-0.4, -0.2) is 30.4 Å². The summed E-state index contributed by atoms with van der Waals surface area (Å²) < 4.78 is 5.19. The van der Waals surface area contributed by atoms with E-state index in [0.29, 0.717) is 0 Å². The van der Waals surface area contributed by atoms with Crippen molar-refractivity contribution in [3.8, 4) is 16.9 Å². The number of methoxy groups -OCH3 is 1. The van der Waals surface area contributed by atoms with Crippen LogP contribution in [-0.2, 0) is 6.42 Å². The van der Waals surface area contributed by atoms with Gasteiger partial charge in [-0.15, -0.1) is 0 Å². The molecule has 1 aromatic heterocycles. The zero-order valence-corrected chi connectivity index (χ0v) is 11.1. The molecule has 4 heteroatoms. The van der Waals surface area contributed by atoms with Crippen LogP contribution in [0.15, 0.2) is 30.5 Å². The predicted molar refractivity (Wildman–Crippen MR) is 75.3 cm³/mol. The SMILES string of the molecule is COc1ccc(-c2cn[nH]c2CC2CCNC2)cc1. The van der Waals surface area contributed by atoms with Crippen LogP contribution in [0.4, 0.5) is 0 Å². The highest BCUT2D eigenvalue weighted by atomic mass is 16.5. The molecule has 0 radical (unpaired) electrons. The summed E-state index contributed by atoms with van der Waals surface area (Å²) in [6.45, 7) is 2.25. The smallest absolute Gasteiger partial charge is 0.118 e. The number of hydrogen-bond acceptors (Lipinski definition) is 3. The van der Waals surface area contributed by atoms with Crippen molar-refractivity contribution in [1.82, 2.24) is 15.5 Å². The maximum atomic E-state index is 5.19. The summed E-state index contributed by atoms with van der Waals surface area (Å²) in [7, 11) is 1.69. The van der Waals surface area contributed by atoms with Crippen LogP contribution in [0.3, 0.4) is 0 Å². The van der Waals surface area contributed by atoms with Crippen LogP contribution in [0.2, 0.25) is 0 Å². The van der Waals surface area contributed by atoms with Crippen LogP contribution < -0.4 is 10.1 Å². The van der Waals surface area contributed by atoms with Gasteiger partial charge in [-0.05, 0) is 49.5 Å². The zero-order chi connectivity index (χ0) is 13.1. The van der Waals surface area contributed by atoms with E-state index in [1.807, 2.05) is 18.3 Å². The minimum absolute atomic E-state index is 0.720. The first-order valence-electron chi connectivity index (χ1n) is 6.74. The maximum Gasteiger partial charge on any atom is 0.118 e. The molecule has 2 heterocycles. The Labute approximate surface area is 113 Å². The van der Waals surface area contributed by atoms with Gasteiger partial charge in [0.1, 0.15) is 5.75 Å². The third-order valence-corrected chi connectivity index (χ3v) is 3.77. The van der Waals surface area contributed by atoms with Gasteiger partial charge in [0.2, 0.25) is 0 Å². The molecule has 1 aromatic carbocycles. The lowest BCUT2D eigenvalue weighted by Gasteiger charge is -2.09. The first kappa shape index (κ1) is 12.2. The molecule has 2 aromatic rings. The summed E-state index contributed by atoms with van der Waals surface area (Å²) in [6.07, 6.45) is 4.23. The lowest BCUT2D eigenvalue weighted by atomic mass is 9.97. The summed E-state index contributed by atoms with van der Waals surface area (Å²) in [5.41, 5.74) is 3.63. The molecule has 1 aliphatic heterocycles. The molecule has 2 N–H and O–H groups in total. The topological polar surface area (TPSA) is 49.9 Å². The zero-order valence-electron chi connectivity index (χ0n) is 11.1. The highest BCUT2D eigenvalue weighted by Crippen LogP contribution is 2.27. The molecule has 0 saturated carbocycles. The van der Waals surface area contributed by atoms with E-state index in [1.165, 1.54) is 23.2 Å². The lowest BCUT2D eigenvalue weighted by molar-refractivity contribution is 0.415. The third-order valence-electron chi connectivity index (χ3n) is 3.77. The Kier molecular flexibility index (Phi) is 3.51. The van der Waals surface area contributed by atoms with Gasteiger partial charge in [-0.2, -0.15) is 5.10 Å². The van der Waals surface area contributed by atoms with Crippen LogP contribution in [0, 0.1) is 5.92 Å². The number of rotatable bonds is 4. The van der Waals surface area contributed by atoms with Crippen LogP contribution in [0.1, 0.15) is 12.1 Å². The van der Waals surface area contributed by atoms with E-state index in [9.17, 15) is 0 Å². The molecule has 0 amide bonds. The minimum atomic E-state index is 0.720. The molecular weight excluding hydrogens is 238 g/mol. The molecular formula is C15H19N3O. The van der Waals surface area contributed by atoms with Gasteiger partial charge in [0.05, 0.1) is 13.3 Å². The number of aromatic amines is 1. The molecule has 100 valence electrons. The predicted octanol–water partition coefficient (Wildman–Crippen LogP) is 2.24. The van der Waals surface area contributed by atoms with Gasteiger partial charge in [0, 0.05) is 11.3 Å². The Balaban J connectivity index is 1.81. The fourth-order valence-electron chi connectivity index (χ4n) is 2.67. The fraction of sp³-hybridized carbons (Fsp3) is 0.400. The van der Waals surface area contributed by atoms with E-state index in [4.69, 9.17) is 4.74 Å². The molecule has 1 unspecified atom stereocenters. The van der Waals surface area contributed by atoms with Crippen molar-refractivity contribution in [3.63, 3.8) is 0 Å². The molecule has 1 atom stereocenters. The number of H-pyrrole nitrogens is 1. The standard InChI is InChI=1S/C15H19N3O/c1-19-13-4-2-12(3-5-13)14-10-17-18-15(14)8-11-6-7-16-9-11/h2-5,10-11,16H,6-9H2,1H3,(H,17,18). The van der Waals surface area contributed by atoms with E-state index in [-0.39, 0.29) is 0 Å². The second-order valence-corrected chi connectivity index (χ2v) is 5.05. The van der Waals surface area contributed by atoms with E-state index in [2.05, 4.69) is 27.6 Å². The Morgan fingerprint density at radius 2 is 2.16 bits per heavy atom. The highest BCUT2D eigenvalue weighted by Gasteiger charge is 2.18. The second-order valence-electron chi connectivity index (χ2n) is 5.05. The third kappa shape index (κ3) is 2.63. The van der Waals surface area contributed by atoms with Gasteiger partial charge in [-0.25, -0.2) is 0 Å². The van der Waals surface area contributed by atoms with Gasteiger partial charge in [-0.1, -0.05) is 12.1 Å². The van der Waals surface area contributed by atoms with Crippen LogP contribution in [0.5, 0.6) is 5.75 Å². The summed E-state index contributed by atoms with van der Waals surface area (Å²) in [5.74, 6) is 1.60. The van der Waals surface area contributed by atoms with Crippen molar-refractivity contribution in [1.29, 1.82) is 0 Å². The van der Waals surface area contributed by atoms with E-state index < -0.39 is 0 Å². The van der Waals surface area contributed by atoms with E-state index in [1.54, 1.807) is 7.11 Å². The Hall–Kier alpha value is -1.81. The van der Waals surface area contributed by atoms with Crippen molar-refractivity contribution in [2.45, 2.75) is 12.8 Å². The minimum Gasteiger partial charge on any atom is -0.497 e. The Morgan fingerprint density at radius 1 is 1.32 bits per heavy atom. The average Bonchev–Trinajstić information content (AvgIpc) is 3.11. The average molecular weight is 257 g/mol. The number of ether oxygens (including phenoxy) is 1. The molecule has 1 saturated heterocycles. The number of hydrogen-bond donors (Lipinski definition) is 2. The van der Waals surface area contributed by atoms with Gasteiger partial charge in [-0.3, -0.25) is 5.10 Å². The monoisotopic (exact) mass is 257 g/mol. The van der Waals surface area contributed by atoms with Crippen molar-refractivity contribution >= 4 is 0 Å². The van der Waals surface area contributed by atoms with Crippen LogP contribution in [0.25, 0.3) is 11.1 Å². The Morgan fingerprint density at radius 3 is 2.84 bits per heavy atom. The molecule has 0 bridgehead atoms. The van der Waals surface area contributed by atoms with Gasteiger partial charge >= 0.3 is 0 Å². The van der Waals surface area contributed by atoms with Crippen molar-refractivity contribution in [2.24, 2.45) is 5.92 Å². The molecule has 1 fully saturated rings. The highest BCUT2D eigenvalue weighted by molar-refractivity contribution is 5.65. The Bertz CT molecular complexity index is 527. The molecule has 3 rings (SSSR count). The van der Waals surface area contributed by atoms with Gasteiger partial charge in [0.15, 0.2) is 0 Å². The van der Waals surface area contributed by atoms with Gasteiger partial charge < -0.3 is 10.1 Å². The second kappa shape index (κ2) is 5.45. The lowest BCUT2D eigenvalue weighted by Crippen LogP contribution is -2.11. The van der Waals surface area contributed by atoms with Crippen molar-refractivity contribution < 1.29 is 4.74 Å². The quantitative estimate of drug-likeness (QED) is 0.883. The molecule has 4 nitrogen and oxygen atoms in total. The normalized spacial score (nSPS) is 18.7. The van der Waals surface area contributed by atoms with Crippen molar-refractivity contribution in [3.05, 3.63) is 36.2 Å². The maximum absolute atomic E-state index is 5.19. The summed E-state index contributed by atoms with van der Waals surface area (Å²) in [5, 5.41) is 10.8. The number of aromatic nitrogens is 2. The van der Waals surface area contributed by atoms with Gasteiger partial charge in [0.25, 0.3) is 0 Å². The van der Waals surface area contributed by atoms with E-state index in [0.717, 1.165) is 31.2 Å². The molecule has 0 aliphatic carbocycles. The number of benzene rings is 1. The first-order chi connectivity index (χ1) is 9.36. The largest absolute Gasteiger partial charge is 0.497 e. The summed E-state index contributed by atoms with van der Waals surface area (Å²) >= 11 is 0. The van der Waals surface area contributed by atoms with E-state index >= 15 is 0 Å². The number of nitrogens with one attached hydrogen (secondary N) is 2.